The second-order valence-electron chi connectivity index (χ2n) is 7.53. The Labute approximate surface area is 188 Å². The molecular weight excluding hydrogens is 432 g/mol. The number of aromatic nitrogens is 2. The lowest BCUT2D eigenvalue weighted by Crippen LogP contribution is -2.24. The number of rotatable bonds is 6. The highest BCUT2D eigenvalue weighted by Crippen LogP contribution is 2.37. The maximum absolute atomic E-state index is 12.6. The van der Waals surface area contributed by atoms with Gasteiger partial charge in [0.2, 0.25) is 0 Å². The average molecular weight is 455 g/mol. The third-order valence-corrected chi connectivity index (χ3v) is 7.21. The van der Waals surface area contributed by atoms with Crippen molar-refractivity contribution in [2.24, 2.45) is 0 Å². The van der Waals surface area contributed by atoms with E-state index in [0.717, 1.165) is 47.5 Å². The molecule has 3 aromatic rings. The number of carbonyl (C=O) groups is 2. The van der Waals surface area contributed by atoms with Gasteiger partial charge in [0.25, 0.3) is 5.91 Å². The van der Waals surface area contributed by atoms with Crippen LogP contribution in [0, 0.1) is 25.2 Å². The molecule has 0 spiro atoms. The van der Waals surface area contributed by atoms with Crippen LogP contribution >= 0.6 is 22.7 Å². The summed E-state index contributed by atoms with van der Waals surface area (Å²) in [7, 11) is 0. The Morgan fingerprint density at radius 2 is 2.10 bits per heavy atom. The van der Waals surface area contributed by atoms with Crippen LogP contribution in [0.25, 0.3) is 10.6 Å². The lowest BCUT2D eigenvalue weighted by atomic mass is 10.2. The number of nitrogens with zero attached hydrogens (tertiary/aromatic N) is 3. The van der Waals surface area contributed by atoms with Gasteiger partial charge in [-0.1, -0.05) is 12.8 Å². The van der Waals surface area contributed by atoms with E-state index < -0.39 is 18.5 Å². The van der Waals surface area contributed by atoms with Crippen LogP contribution < -0.4 is 5.32 Å². The summed E-state index contributed by atoms with van der Waals surface area (Å²) in [6.45, 7) is 3.42. The minimum absolute atomic E-state index is 0.178. The maximum Gasteiger partial charge on any atom is 0.358 e. The fourth-order valence-electron chi connectivity index (χ4n) is 3.97. The highest BCUT2D eigenvalue weighted by Gasteiger charge is 2.27. The molecule has 3 aromatic heterocycles. The minimum atomic E-state index is -0.646. The molecule has 1 aliphatic rings. The van der Waals surface area contributed by atoms with Gasteiger partial charge >= 0.3 is 5.97 Å². The number of amides is 1. The fraction of sp³-hybridized carbons (Fsp3) is 0.364. The first-order valence-electron chi connectivity index (χ1n) is 10.1. The molecule has 7 nitrogen and oxygen atoms in total. The highest BCUT2D eigenvalue weighted by molar-refractivity contribution is 7.14. The number of nitrogens with one attached hydrogen (secondary N) is 1. The average Bonchev–Trinajstić information content (AvgIpc) is 3.55. The van der Waals surface area contributed by atoms with E-state index in [1.165, 1.54) is 11.3 Å². The molecule has 0 bridgehead atoms. The molecule has 3 heterocycles. The lowest BCUT2D eigenvalue weighted by Gasteiger charge is -2.19. The van der Waals surface area contributed by atoms with E-state index in [1.54, 1.807) is 16.7 Å². The van der Waals surface area contributed by atoms with Crippen molar-refractivity contribution in [3.05, 3.63) is 44.7 Å². The van der Waals surface area contributed by atoms with Gasteiger partial charge in [-0.05, 0) is 43.7 Å². The van der Waals surface area contributed by atoms with E-state index in [4.69, 9.17) is 4.74 Å². The SMILES string of the molecule is Cc1c(C#N)c(NC(=O)COC(=O)c2csc(-c3ccsc3)n2)n(C2CCCC2)c1C. The molecule has 1 amide bonds. The van der Waals surface area contributed by atoms with Crippen LogP contribution in [0.1, 0.15) is 59.0 Å². The van der Waals surface area contributed by atoms with Crippen LogP contribution in [-0.2, 0) is 9.53 Å². The summed E-state index contributed by atoms with van der Waals surface area (Å²) >= 11 is 2.91. The summed E-state index contributed by atoms with van der Waals surface area (Å²) in [4.78, 5) is 29.2. The first-order valence-corrected chi connectivity index (χ1v) is 11.9. The molecule has 0 unspecified atom stereocenters. The molecule has 1 fully saturated rings. The van der Waals surface area contributed by atoms with E-state index >= 15 is 0 Å². The molecular formula is C22H22N4O3S2. The predicted molar refractivity (Wildman–Crippen MR) is 120 cm³/mol. The van der Waals surface area contributed by atoms with Crippen molar-refractivity contribution in [3.63, 3.8) is 0 Å². The summed E-state index contributed by atoms with van der Waals surface area (Å²) in [5.41, 5.74) is 3.44. The van der Waals surface area contributed by atoms with E-state index in [2.05, 4.69) is 20.9 Å². The molecule has 31 heavy (non-hydrogen) atoms. The molecule has 0 radical (unpaired) electrons. The number of hydrogen-bond donors (Lipinski definition) is 1. The second kappa shape index (κ2) is 9.04. The molecule has 1 aliphatic carbocycles. The summed E-state index contributed by atoms with van der Waals surface area (Å²) in [5, 5.41) is 18.7. The topological polar surface area (TPSA) is 97.0 Å². The predicted octanol–water partition coefficient (Wildman–Crippen LogP) is 5.07. The van der Waals surface area contributed by atoms with Crippen LogP contribution in [0.2, 0.25) is 0 Å². The molecule has 9 heteroatoms. The standard InChI is InChI=1S/C22H22N4O3S2/c1-13-14(2)26(16-5-3-4-6-16)20(17(13)9-23)25-19(27)10-29-22(28)18-12-31-21(24-18)15-7-8-30-11-15/h7-8,11-12,16H,3-6,10H2,1-2H3,(H,25,27). The number of thiazole rings is 1. The molecule has 4 rings (SSSR count). The minimum Gasteiger partial charge on any atom is -0.451 e. The normalized spacial score (nSPS) is 13.8. The number of thiophene rings is 1. The number of nitriles is 1. The van der Waals surface area contributed by atoms with Crippen molar-refractivity contribution < 1.29 is 14.3 Å². The fourth-order valence-corrected chi connectivity index (χ4v) is 5.47. The van der Waals surface area contributed by atoms with E-state index in [9.17, 15) is 14.9 Å². The number of ether oxygens (including phenoxy) is 1. The van der Waals surface area contributed by atoms with E-state index in [0.29, 0.717) is 11.4 Å². The van der Waals surface area contributed by atoms with Gasteiger partial charge in [-0.2, -0.15) is 16.6 Å². The van der Waals surface area contributed by atoms with Crippen molar-refractivity contribution in [1.82, 2.24) is 9.55 Å². The quantitative estimate of drug-likeness (QED) is 0.524. The molecule has 1 saturated carbocycles. The van der Waals surface area contributed by atoms with Crippen LogP contribution in [0.4, 0.5) is 5.82 Å². The van der Waals surface area contributed by atoms with Crippen LogP contribution in [0.5, 0.6) is 0 Å². The second-order valence-corrected chi connectivity index (χ2v) is 9.17. The van der Waals surface area contributed by atoms with E-state index in [-0.39, 0.29) is 11.7 Å². The van der Waals surface area contributed by atoms with Crippen LogP contribution in [0.3, 0.4) is 0 Å². The lowest BCUT2D eigenvalue weighted by molar-refractivity contribution is -0.119. The Hall–Kier alpha value is -2.96. The first-order chi connectivity index (χ1) is 15.0. The number of hydrogen-bond acceptors (Lipinski definition) is 7. The van der Waals surface area contributed by atoms with Gasteiger partial charge in [-0.3, -0.25) is 4.79 Å². The Morgan fingerprint density at radius 1 is 1.32 bits per heavy atom. The van der Waals surface area contributed by atoms with Gasteiger partial charge in [-0.25, -0.2) is 9.78 Å². The number of carbonyl (C=O) groups excluding carboxylic acids is 2. The van der Waals surface area contributed by atoms with Crippen molar-refractivity contribution in [3.8, 4) is 16.6 Å². The van der Waals surface area contributed by atoms with Gasteiger partial charge in [0.15, 0.2) is 12.3 Å². The van der Waals surface area contributed by atoms with Crippen LogP contribution in [-0.4, -0.2) is 28.0 Å². The third-order valence-electron chi connectivity index (χ3n) is 5.63. The zero-order valence-corrected chi connectivity index (χ0v) is 18.9. The Morgan fingerprint density at radius 3 is 2.77 bits per heavy atom. The largest absolute Gasteiger partial charge is 0.451 e. The van der Waals surface area contributed by atoms with Crippen molar-refractivity contribution in [2.45, 2.75) is 45.6 Å². The summed E-state index contributed by atoms with van der Waals surface area (Å²) < 4.78 is 7.24. The van der Waals surface area contributed by atoms with Gasteiger partial charge in [-0.15, -0.1) is 11.3 Å². The summed E-state index contributed by atoms with van der Waals surface area (Å²) in [5.74, 6) is -0.624. The van der Waals surface area contributed by atoms with Crippen molar-refractivity contribution >= 4 is 40.4 Å². The Balaban J connectivity index is 1.44. The zero-order chi connectivity index (χ0) is 22.0. The summed E-state index contributed by atoms with van der Waals surface area (Å²) in [6.07, 6.45) is 4.31. The highest BCUT2D eigenvalue weighted by atomic mass is 32.1. The molecule has 0 aliphatic heterocycles. The van der Waals surface area contributed by atoms with Crippen molar-refractivity contribution in [2.75, 3.05) is 11.9 Å². The third kappa shape index (κ3) is 4.27. The maximum atomic E-state index is 12.6. The van der Waals surface area contributed by atoms with Crippen molar-refractivity contribution in [1.29, 1.82) is 5.26 Å². The molecule has 1 N–H and O–H groups in total. The zero-order valence-electron chi connectivity index (χ0n) is 17.3. The van der Waals surface area contributed by atoms with Gasteiger partial charge in [0.05, 0.1) is 5.56 Å². The summed E-state index contributed by atoms with van der Waals surface area (Å²) in [6, 6.07) is 4.41. The molecule has 0 aromatic carbocycles. The van der Waals surface area contributed by atoms with Crippen LogP contribution in [0.15, 0.2) is 22.2 Å². The molecule has 0 atom stereocenters. The van der Waals surface area contributed by atoms with Gasteiger partial charge in [0.1, 0.15) is 16.9 Å². The van der Waals surface area contributed by atoms with Gasteiger partial charge < -0.3 is 14.6 Å². The molecule has 160 valence electrons. The number of anilines is 1. The van der Waals surface area contributed by atoms with Gasteiger partial charge in [0, 0.05) is 28.1 Å². The smallest absolute Gasteiger partial charge is 0.358 e. The number of esters is 1. The van der Waals surface area contributed by atoms with E-state index in [1.807, 2.05) is 30.7 Å². The Bertz CT molecular complexity index is 1150. The Kier molecular flexibility index (Phi) is 6.20. The monoisotopic (exact) mass is 454 g/mol. The first kappa shape index (κ1) is 21.3. The molecule has 0 saturated heterocycles.